The number of aryl methyl sites for hydroxylation is 1. The van der Waals surface area contributed by atoms with Gasteiger partial charge in [0.25, 0.3) is 11.6 Å². The first-order chi connectivity index (χ1) is 20.7. The van der Waals surface area contributed by atoms with Crippen molar-refractivity contribution in [3.05, 3.63) is 100 Å². The number of ether oxygens (including phenoxy) is 1. The summed E-state index contributed by atoms with van der Waals surface area (Å²) in [5, 5.41) is 26.2. The lowest BCUT2D eigenvalue weighted by atomic mass is 10.0. The van der Waals surface area contributed by atoms with E-state index in [1.807, 2.05) is 30.3 Å². The normalized spacial score (nSPS) is 15.0. The molecule has 1 saturated heterocycles. The van der Waals surface area contributed by atoms with Crippen LogP contribution in [0.15, 0.2) is 78.9 Å². The number of rotatable bonds is 11. The Morgan fingerprint density at radius 3 is 2.35 bits per heavy atom. The summed E-state index contributed by atoms with van der Waals surface area (Å²) in [6.45, 7) is 0.111. The average Bonchev–Trinajstić information content (AvgIpc) is 3.46. The van der Waals surface area contributed by atoms with Crippen LogP contribution in [0.4, 0.5) is 16.2 Å². The number of amides is 4. The van der Waals surface area contributed by atoms with E-state index in [4.69, 9.17) is 4.74 Å². The number of hydrogen-bond acceptors (Lipinski definition) is 7. The molecule has 3 aromatic rings. The van der Waals surface area contributed by atoms with Gasteiger partial charge in [0.1, 0.15) is 5.75 Å². The number of nitro benzene ring substituents is 1. The minimum absolute atomic E-state index is 0.0392. The number of nitro groups is 1. The molecular formula is C30H31N5O8. The zero-order chi connectivity index (χ0) is 30.9. The van der Waals surface area contributed by atoms with E-state index in [-0.39, 0.29) is 36.7 Å². The van der Waals surface area contributed by atoms with Gasteiger partial charge in [-0.3, -0.25) is 29.4 Å². The third-order valence-corrected chi connectivity index (χ3v) is 6.98. The molecule has 0 saturated carbocycles. The zero-order valence-corrected chi connectivity index (χ0v) is 23.3. The van der Waals surface area contributed by atoms with Crippen molar-refractivity contribution in [2.24, 2.45) is 0 Å². The van der Waals surface area contributed by atoms with Crippen LogP contribution in [0.25, 0.3) is 0 Å². The van der Waals surface area contributed by atoms with Gasteiger partial charge in [0.2, 0.25) is 5.91 Å². The van der Waals surface area contributed by atoms with Crippen LogP contribution >= 0.6 is 0 Å². The second kappa shape index (κ2) is 13.9. The maximum Gasteiger partial charge on any atom is 0.323 e. The number of nitrogens with zero attached hydrogens (tertiary/aromatic N) is 3. The van der Waals surface area contributed by atoms with Crippen molar-refractivity contribution in [1.29, 1.82) is 0 Å². The third-order valence-electron chi connectivity index (χ3n) is 6.98. The molecule has 1 heterocycles. The van der Waals surface area contributed by atoms with E-state index >= 15 is 0 Å². The van der Waals surface area contributed by atoms with E-state index in [0.29, 0.717) is 17.9 Å². The highest BCUT2D eigenvalue weighted by Gasteiger charge is 2.43. The van der Waals surface area contributed by atoms with Crippen LogP contribution in [0.2, 0.25) is 0 Å². The summed E-state index contributed by atoms with van der Waals surface area (Å²) < 4.78 is 5.14. The first-order valence-corrected chi connectivity index (χ1v) is 13.5. The summed E-state index contributed by atoms with van der Waals surface area (Å²) in [6.07, 6.45) is -1.49. The molecule has 1 aliphatic rings. The predicted octanol–water partition coefficient (Wildman–Crippen LogP) is 3.57. The number of carboxylic acid groups (broad SMARTS) is 1. The number of nitrogens with one attached hydrogen (secondary N) is 2. The summed E-state index contributed by atoms with van der Waals surface area (Å²) in [6, 6.07) is 19.3. The van der Waals surface area contributed by atoms with E-state index in [9.17, 15) is 34.4 Å². The number of carboxylic acids is 1. The smallest absolute Gasteiger partial charge is 0.323 e. The van der Waals surface area contributed by atoms with E-state index in [2.05, 4.69) is 10.6 Å². The van der Waals surface area contributed by atoms with Crippen molar-refractivity contribution in [1.82, 2.24) is 15.1 Å². The monoisotopic (exact) mass is 589 g/mol. The topological polar surface area (TPSA) is 171 Å². The van der Waals surface area contributed by atoms with Gasteiger partial charge in [0.05, 0.1) is 24.5 Å². The highest BCUT2D eigenvalue weighted by Crippen LogP contribution is 2.25. The van der Waals surface area contributed by atoms with E-state index in [0.717, 1.165) is 5.56 Å². The average molecular weight is 590 g/mol. The molecule has 0 radical (unpaired) electrons. The van der Waals surface area contributed by atoms with Crippen LogP contribution in [0.5, 0.6) is 5.75 Å². The number of benzene rings is 3. The molecule has 0 aliphatic carbocycles. The summed E-state index contributed by atoms with van der Waals surface area (Å²) in [5.74, 6) is -1.84. The Labute approximate surface area is 247 Å². The number of urea groups is 1. The van der Waals surface area contributed by atoms with Crippen molar-refractivity contribution in [2.45, 2.75) is 31.5 Å². The SMILES string of the molecule is COc1ccc(NC(=O)N2CCN(C(=O)CCc3ccccc3)C2C(=O)NC(CC(=O)O)c2cccc([N+](=O)[O-])c2)cc1. The Balaban J connectivity index is 1.59. The summed E-state index contributed by atoms with van der Waals surface area (Å²) >= 11 is 0. The first kappa shape index (κ1) is 30.5. The van der Waals surface area contributed by atoms with Gasteiger partial charge in [0.15, 0.2) is 6.17 Å². The van der Waals surface area contributed by atoms with Crippen LogP contribution in [0.3, 0.4) is 0 Å². The van der Waals surface area contributed by atoms with Crippen molar-refractivity contribution in [3.8, 4) is 5.75 Å². The fourth-order valence-corrected chi connectivity index (χ4v) is 4.82. The van der Waals surface area contributed by atoms with Crippen LogP contribution in [-0.4, -0.2) is 70.0 Å². The number of carbonyl (C=O) groups is 4. The summed E-state index contributed by atoms with van der Waals surface area (Å²) in [5.41, 5.74) is 1.27. The first-order valence-electron chi connectivity index (χ1n) is 13.5. The highest BCUT2D eigenvalue weighted by atomic mass is 16.6. The zero-order valence-electron chi connectivity index (χ0n) is 23.3. The Kier molecular flexibility index (Phi) is 9.89. The molecule has 13 heteroatoms. The van der Waals surface area contributed by atoms with E-state index in [1.165, 1.54) is 41.2 Å². The van der Waals surface area contributed by atoms with Gasteiger partial charge in [-0.2, -0.15) is 0 Å². The van der Waals surface area contributed by atoms with Crippen molar-refractivity contribution < 1.29 is 33.9 Å². The van der Waals surface area contributed by atoms with Gasteiger partial charge in [-0.25, -0.2) is 4.79 Å². The third kappa shape index (κ3) is 7.85. The van der Waals surface area contributed by atoms with Crippen molar-refractivity contribution in [3.63, 3.8) is 0 Å². The number of anilines is 1. The quantitative estimate of drug-likeness (QED) is 0.225. The van der Waals surface area contributed by atoms with Gasteiger partial charge in [-0.15, -0.1) is 0 Å². The molecule has 3 aromatic carbocycles. The Bertz CT molecular complexity index is 1480. The lowest BCUT2D eigenvalue weighted by Gasteiger charge is -2.31. The second-order valence-electron chi connectivity index (χ2n) is 9.81. The number of hydrogen-bond donors (Lipinski definition) is 3. The molecule has 13 nitrogen and oxygen atoms in total. The molecule has 0 aromatic heterocycles. The lowest BCUT2D eigenvalue weighted by molar-refractivity contribution is -0.384. The fraction of sp³-hybridized carbons (Fsp3) is 0.267. The largest absolute Gasteiger partial charge is 0.497 e. The van der Waals surface area contributed by atoms with Crippen LogP contribution < -0.4 is 15.4 Å². The van der Waals surface area contributed by atoms with E-state index in [1.54, 1.807) is 24.3 Å². The van der Waals surface area contributed by atoms with Gasteiger partial charge >= 0.3 is 12.0 Å². The van der Waals surface area contributed by atoms with Gasteiger partial charge in [-0.05, 0) is 41.8 Å². The molecule has 0 spiro atoms. The van der Waals surface area contributed by atoms with Gasteiger partial charge in [-0.1, -0.05) is 42.5 Å². The minimum atomic E-state index is -1.39. The molecule has 43 heavy (non-hydrogen) atoms. The molecular weight excluding hydrogens is 558 g/mol. The summed E-state index contributed by atoms with van der Waals surface area (Å²) in [7, 11) is 1.51. The Morgan fingerprint density at radius 1 is 1.00 bits per heavy atom. The van der Waals surface area contributed by atoms with Gasteiger partial charge < -0.3 is 25.4 Å². The van der Waals surface area contributed by atoms with Crippen molar-refractivity contribution in [2.75, 3.05) is 25.5 Å². The van der Waals surface area contributed by atoms with Crippen LogP contribution in [0, 0.1) is 10.1 Å². The molecule has 4 rings (SSSR count). The Hall–Kier alpha value is -5.46. The number of non-ortho nitro benzene ring substituents is 1. The van der Waals surface area contributed by atoms with Crippen LogP contribution in [0.1, 0.15) is 30.0 Å². The Morgan fingerprint density at radius 2 is 1.70 bits per heavy atom. The van der Waals surface area contributed by atoms with Crippen LogP contribution in [-0.2, 0) is 20.8 Å². The van der Waals surface area contributed by atoms with Gasteiger partial charge in [0, 0.05) is 37.3 Å². The van der Waals surface area contributed by atoms with E-state index < -0.39 is 41.5 Å². The van der Waals surface area contributed by atoms with Crippen molar-refractivity contribution >= 4 is 35.2 Å². The minimum Gasteiger partial charge on any atom is -0.497 e. The molecule has 2 atom stereocenters. The molecule has 1 aliphatic heterocycles. The number of aliphatic carboxylic acids is 1. The maximum absolute atomic E-state index is 13.8. The maximum atomic E-state index is 13.8. The molecule has 2 unspecified atom stereocenters. The molecule has 224 valence electrons. The number of methoxy groups -OCH3 is 1. The number of carbonyl (C=O) groups excluding carboxylic acids is 3. The predicted molar refractivity (Wildman–Crippen MR) is 155 cm³/mol. The fourth-order valence-electron chi connectivity index (χ4n) is 4.82. The molecule has 1 fully saturated rings. The second-order valence-corrected chi connectivity index (χ2v) is 9.81. The molecule has 0 bridgehead atoms. The summed E-state index contributed by atoms with van der Waals surface area (Å²) in [4.78, 5) is 65.4. The standard InChI is InChI=1S/C30H31N5O8/c1-43-24-13-11-22(12-14-24)31-30(40)34-17-16-33(26(36)15-10-20-6-3-2-4-7-20)29(34)28(39)32-25(19-27(37)38)21-8-5-9-23(18-21)35(41)42/h2-9,11-14,18,25,29H,10,15-17,19H2,1H3,(H,31,40)(H,32,39)(H,37,38). The highest BCUT2D eigenvalue weighted by molar-refractivity contribution is 5.96. The lowest BCUT2D eigenvalue weighted by Crippen LogP contribution is -2.55. The molecule has 4 amide bonds. The molecule has 3 N–H and O–H groups in total.